The molecule has 1 atom stereocenters. The second kappa shape index (κ2) is 6.86. The maximum Gasteiger partial charge on any atom is 0.318 e. The number of para-hydroxylation sites is 1. The fourth-order valence-corrected chi connectivity index (χ4v) is 3.57. The van der Waals surface area contributed by atoms with Crippen LogP contribution in [0.3, 0.4) is 0 Å². The Labute approximate surface area is 148 Å². The molecule has 1 aliphatic heterocycles. The summed E-state index contributed by atoms with van der Waals surface area (Å²) in [5.74, 6) is 2.31. The maximum absolute atomic E-state index is 12.5. The van der Waals surface area contributed by atoms with Gasteiger partial charge in [0.1, 0.15) is 5.82 Å². The Morgan fingerprint density at radius 3 is 2.68 bits per heavy atom. The molecule has 2 aromatic rings. The number of carbonyl (C=O) groups is 1. The summed E-state index contributed by atoms with van der Waals surface area (Å²) in [5.41, 5.74) is 1.06. The maximum atomic E-state index is 12.5. The predicted molar refractivity (Wildman–Crippen MR) is 95.6 cm³/mol. The molecule has 2 aliphatic rings. The van der Waals surface area contributed by atoms with Crippen LogP contribution in [0.1, 0.15) is 56.6 Å². The zero-order valence-electron chi connectivity index (χ0n) is 14.7. The molecule has 1 aromatic heterocycles. The van der Waals surface area contributed by atoms with E-state index in [0.717, 1.165) is 36.7 Å². The smallest absolute Gasteiger partial charge is 0.318 e. The summed E-state index contributed by atoms with van der Waals surface area (Å²) >= 11 is 0. The van der Waals surface area contributed by atoms with Crippen molar-refractivity contribution in [2.24, 2.45) is 0 Å². The molecule has 0 spiro atoms. The lowest BCUT2D eigenvalue weighted by Gasteiger charge is -2.33. The van der Waals surface area contributed by atoms with E-state index in [-0.39, 0.29) is 6.03 Å². The number of hydrogen-bond donors (Lipinski definition) is 1. The molecule has 0 bridgehead atoms. The molecule has 1 unspecified atom stereocenters. The summed E-state index contributed by atoms with van der Waals surface area (Å²) in [6.07, 6.45) is 5.71. The minimum absolute atomic E-state index is 0.00258. The quantitative estimate of drug-likeness (QED) is 0.930. The van der Waals surface area contributed by atoms with Crippen molar-refractivity contribution in [1.29, 1.82) is 0 Å². The molecule has 2 fully saturated rings. The fourth-order valence-electron chi connectivity index (χ4n) is 3.57. The van der Waals surface area contributed by atoms with Gasteiger partial charge in [0.2, 0.25) is 0 Å². The zero-order chi connectivity index (χ0) is 17.2. The summed E-state index contributed by atoms with van der Waals surface area (Å²) in [4.78, 5) is 14.5. The fraction of sp³-hybridized carbons (Fsp3) is 0.526. The first kappa shape index (κ1) is 16.1. The van der Waals surface area contributed by atoms with Crippen LogP contribution in [0.2, 0.25) is 0 Å². The van der Waals surface area contributed by atoms with Crippen molar-refractivity contribution in [3.63, 3.8) is 0 Å². The molecule has 132 valence electrons. The molecule has 0 radical (unpaired) electrons. The Hall–Kier alpha value is -2.37. The van der Waals surface area contributed by atoms with E-state index < -0.39 is 0 Å². The van der Waals surface area contributed by atoms with Crippen molar-refractivity contribution >= 4 is 6.03 Å². The number of likely N-dealkylation sites (tertiary alicyclic amines) is 1. The van der Waals surface area contributed by atoms with Gasteiger partial charge < -0.3 is 10.2 Å². The number of amides is 2. The molecule has 4 rings (SSSR count). The topological polar surface area (TPSA) is 63.1 Å². The van der Waals surface area contributed by atoms with Crippen LogP contribution in [0.4, 0.5) is 4.79 Å². The van der Waals surface area contributed by atoms with Crippen LogP contribution in [-0.2, 0) is 6.54 Å². The number of nitrogens with zero attached hydrogens (tertiary/aromatic N) is 4. The van der Waals surface area contributed by atoms with Crippen molar-refractivity contribution in [2.75, 3.05) is 6.54 Å². The normalized spacial score (nSPS) is 20.5. The summed E-state index contributed by atoms with van der Waals surface area (Å²) in [5, 5.41) is 11.8. The molecule has 2 heterocycles. The highest BCUT2D eigenvalue weighted by Crippen LogP contribution is 2.40. The van der Waals surface area contributed by atoms with Gasteiger partial charge in [0.25, 0.3) is 0 Å². The van der Waals surface area contributed by atoms with E-state index in [4.69, 9.17) is 0 Å². The molecule has 1 aromatic carbocycles. The van der Waals surface area contributed by atoms with Gasteiger partial charge in [-0.2, -0.15) is 0 Å². The van der Waals surface area contributed by atoms with Gasteiger partial charge in [0, 0.05) is 24.2 Å². The number of hydrogen-bond acceptors (Lipinski definition) is 3. The lowest BCUT2D eigenvalue weighted by atomic mass is 10.0. The van der Waals surface area contributed by atoms with E-state index in [9.17, 15) is 4.79 Å². The Bertz CT molecular complexity index is 738. The average molecular weight is 339 g/mol. The number of nitrogens with one attached hydrogen (secondary N) is 1. The molecule has 2 amide bonds. The third kappa shape index (κ3) is 3.38. The van der Waals surface area contributed by atoms with Crippen molar-refractivity contribution in [3.8, 4) is 5.69 Å². The summed E-state index contributed by atoms with van der Waals surface area (Å²) < 4.78 is 2.11. The van der Waals surface area contributed by atoms with Crippen molar-refractivity contribution in [2.45, 2.75) is 57.5 Å². The number of carbonyl (C=O) groups excluding carboxylic acids is 1. The van der Waals surface area contributed by atoms with Gasteiger partial charge in [0.05, 0.1) is 6.54 Å². The number of rotatable bonds is 4. The molecule has 25 heavy (non-hydrogen) atoms. The van der Waals surface area contributed by atoms with Crippen molar-refractivity contribution in [3.05, 3.63) is 42.0 Å². The van der Waals surface area contributed by atoms with E-state index in [1.165, 1.54) is 19.3 Å². The number of aromatic nitrogens is 3. The van der Waals surface area contributed by atoms with E-state index in [2.05, 4.69) is 39.1 Å². The average Bonchev–Trinajstić information content (AvgIpc) is 3.40. The van der Waals surface area contributed by atoms with Gasteiger partial charge in [-0.3, -0.25) is 4.57 Å². The van der Waals surface area contributed by atoms with Crippen LogP contribution in [0.15, 0.2) is 30.3 Å². The highest BCUT2D eigenvalue weighted by Gasteiger charge is 2.31. The number of benzene rings is 1. The van der Waals surface area contributed by atoms with Gasteiger partial charge >= 0.3 is 6.03 Å². The van der Waals surface area contributed by atoms with Crippen molar-refractivity contribution < 1.29 is 4.79 Å². The first-order valence-corrected chi connectivity index (χ1v) is 9.28. The largest absolute Gasteiger partial charge is 0.331 e. The highest BCUT2D eigenvalue weighted by molar-refractivity contribution is 5.74. The minimum atomic E-state index is 0.00258. The molecule has 6 nitrogen and oxygen atoms in total. The van der Waals surface area contributed by atoms with E-state index in [0.29, 0.717) is 18.5 Å². The second-order valence-corrected chi connectivity index (χ2v) is 7.12. The molecular weight excluding hydrogens is 314 g/mol. The molecule has 1 saturated heterocycles. The second-order valence-electron chi connectivity index (χ2n) is 7.12. The van der Waals surface area contributed by atoms with Crippen LogP contribution in [0.5, 0.6) is 0 Å². The highest BCUT2D eigenvalue weighted by atomic mass is 16.2. The Morgan fingerprint density at radius 1 is 1.16 bits per heavy atom. The van der Waals surface area contributed by atoms with E-state index in [1.54, 1.807) is 0 Å². The summed E-state index contributed by atoms with van der Waals surface area (Å²) in [6, 6.07) is 10.5. The van der Waals surface area contributed by atoms with E-state index >= 15 is 0 Å². The molecular formula is C19H25N5O. The van der Waals surface area contributed by atoms with Gasteiger partial charge in [0.15, 0.2) is 5.82 Å². The number of urea groups is 1. The zero-order valence-corrected chi connectivity index (χ0v) is 14.7. The Balaban J connectivity index is 1.52. The van der Waals surface area contributed by atoms with Gasteiger partial charge in [-0.15, -0.1) is 10.2 Å². The molecule has 1 aliphatic carbocycles. The van der Waals surface area contributed by atoms with Crippen LogP contribution >= 0.6 is 0 Å². The van der Waals surface area contributed by atoms with Crippen LogP contribution in [0, 0.1) is 0 Å². The monoisotopic (exact) mass is 339 g/mol. The van der Waals surface area contributed by atoms with Crippen LogP contribution in [-0.4, -0.2) is 38.3 Å². The standard InChI is InChI=1S/C19H25N5O/c1-14-7-5-6-12-23(14)19(25)20-13-17-21-22-18(15-10-11-15)24(17)16-8-3-2-4-9-16/h2-4,8-9,14-15H,5-7,10-13H2,1H3,(H,20,25). The lowest BCUT2D eigenvalue weighted by Crippen LogP contribution is -2.47. The predicted octanol–water partition coefficient (Wildman–Crippen LogP) is 3.23. The number of piperidine rings is 1. The molecule has 1 N–H and O–H groups in total. The van der Waals surface area contributed by atoms with Crippen LogP contribution in [0.25, 0.3) is 5.69 Å². The third-order valence-electron chi connectivity index (χ3n) is 5.17. The summed E-state index contributed by atoms with van der Waals surface area (Å²) in [6.45, 7) is 3.36. The SMILES string of the molecule is CC1CCCCN1C(=O)NCc1nnc(C2CC2)n1-c1ccccc1. The first-order chi connectivity index (χ1) is 12.2. The Kier molecular flexibility index (Phi) is 4.42. The Morgan fingerprint density at radius 2 is 1.96 bits per heavy atom. The first-order valence-electron chi connectivity index (χ1n) is 9.28. The van der Waals surface area contributed by atoms with Crippen molar-refractivity contribution in [1.82, 2.24) is 25.0 Å². The molecule has 1 saturated carbocycles. The molecule has 6 heteroatoms. The third-order valence-corrected chi connectivity index (χ3v) is 5.17. The van der Waals surface area contributed by atoms with E-state index in [1.807, 2.05) is 23.1 Å². The lowest BCUT2D eigenvalue weighted by molar-refractivity contribution is 0.157. The minimum Gasteiger partial charge on any atom is -0.331 e. The summed E-state index contributed by atoms with van der Waals surface area (Å²) in [7, 11) is 0. The van der Waals surface area contributed by atoms with Gasteiger partial charge in [-0.1, -0.05) is 18.2 Å². The van der Waals surface area contributed by atoms with Crippen LogP contribution < -0.4 is 5.32 Å². The van der Waals surface area contributed by atoms with Gasteiger partial charge in [-0.05, 0) is 51.2 Å². The van der Waals surface area contributed by atoms with Gasteiger partial charge in [-0.25, -0.2) is 4.79 Å².